The predicted molar refractivity (Wildman–Crippen MR) is 120 cm³/mol. The molecule has 3 rings (SSSR count). The van der Waals surface area contributed by atoms with Crippen molar-refractivity contribution in [2.24, 2.45) is 9.98 Å². The summed E-state index contributed by atoms with van der Waals surface area (Å²) in [5, 5.41) is 0. The van der Waals surface area contributed by atoms with Crippen LogP contribution in [-0.4, -0.2) is 16.4 Å². The van der Waals surface area contributed by atoms with Gasteiger partial charge in [-0.1, -0.05) is 30.3 Å². The second-order valence-electron chi connectivity index (χ2n) is 7.35. The van der Waals surface area contributed by atoms with E-state index in [-0.39, 0.29) is 0 Å². The van der Waals surface area contributed by atoms with Gasteiger partial charge in [-0.15, -0.1) is 0 Å². The number of rotatable bonds is 4. The Morgan fingerprint density at radius 2 is 1.04 bits per heavy atom. The molecule has 0 bridgehead atoms. The van der Waals surface area contributed by atoms with E-state index in [0.29, 0.717) is 11.6 Å². The normalized spacial score (nSPS) is 12.4. The van der Waals surface area contributed by atoms with Crippen LogP contribution in [0, 0.1) is 27.7 Å². The van der Waals surface area contributed by atoms with Crippen LogP contribution in [0.2, 0.25) is 0 Å². The monoisotopic (exact) mass is 369 g/mol. The molecule has 0 saturated carbocycles. The summed E-state index contributed by atoms with van der Waals surface area (Å²) >= 11 is 0. The highest BCUT2D eigenvalue weighted by atomic mass is 15.0. The smallest absolute Gasteiger partial charge is 0.154 e. The zero-order valence-electron chi connectivity index (χ0n) is 17.5. The van der Waals surface area contributed by atoms with Gasteiger partial charge in [-0.3, -0.25) is 0 Å². The Bertz CT molecular complexity index is 992. The third-order valence-electron chi connectivity index (χ3n) is 5.13. The molecule has 1 aromatic heterocycles. The Morgan fingerprint density at radius 1 is 0.607 bits per heavy atom. The van der Waals surface area contributed by atoms with Crippen LogP contribution in [0.1, 0.15) is 47.2 Å². The minimum atomic E-state index is 0.671. The highest BCUT2D eigenvalue weighted by Gasteiger charge is 2.04. The topological polar surface area (TPSA) is 37.6 Å². The van der Waals surface area contributed by atoms with E-state index in [1.165, 1.54) is 22.3 Å². The van der Waals surface area contributed by atoms with Crippen molar-refractivity contribution in [2.45, 2.75) is 41.5 Å². The summed E-state index contributed by atoms with van der Waals surface area (Å²) in [6.45, 7) is 12.5. The van der Waals surface area contributed by atoms with E-state index in [2.05, 4.69) is 69.1 Å². The fourth-order valence-electron chi connectivity index (χ4n) is 2.94. The average Bonchev–Trinajstić information content (AvgIpc) is 2.66. The van der Waals surface area contributed by atoms with E-state index in [4.69, 9.17) is 9.98 Å². The van der Waals surface area contributed by atoms with Crippen molar-refractivity contribution in [1.29, 1.82) is 0 Å². The fraction of sp³-hybridized carbons (Fsp3) is 0.240. The van der Waals surface area contributed by atoms with Crippen molar-refractivity contribution in [2.75, 3.05) is 0 Å². The van der Waals surface area contributed by atoms with Gasteiger partial charge in [0, 0.05) is 11.4 Å². The van der Waals surface area contributed by atoms with Crippen LogP contribution >= 0.6 is 0 Å². The Hall–Kier alpha value is -3.07. The van der Waals surface area contributed by atoms with E-state index >= 15 is 0 Å². The summed E-state index contributed by atoms with van der Waals surface area (Å²) in [6.07, 6.45) is 0. The summed E-state index contributed by atoms with van der Waals surface area (Å²) in [6, 6.07) is 18.6. The molecule has 0 amide bonds. The van der Waals surface area contributed by atoms with Gasteiger partial charge in [0.15, 0.2) is 11.6 Å². The van der Waals surface area contributed by atoms with Gasteiger partial charge in [-0.05, 0) is 99.2 Å². The van der Waals surface area contributed by atoms with E-state index in [9.17, 15) is 0 Å². The molecule has 0 atom stereocenters. The molecule has 3 nitrogen and oxygen atoms in total. The summed E-state index contributed by atoms with van der Waals surface area (Å²) in [4.78, 5) is 14.0. The standard InChI is InChI=1S/C25H27N3/c1-16-10-12-22(14-18(16)3)20(5)26-24-8-7-9-25(28-24)27-21(6)23-13-11-17(2)19(4)15-23/h7-15H,1-6H3/b26-20-,27-21?. The third-order valence-corrected chi connectivity index (χ3v) is 5.13. The molecule has 0 unspecified atom stereocenters. The van der Waals surface area contributed by atoms with Crippen molar-refractivity contribution >= 4 is 23.1 Å². The van der Waals surface area contributed by atoms with Crippen molar-refractivity contribution in [1.82, 2.24) is 4.98 Å². The van der Waals surface area contributed by atoms with E-state index in [1.54, 1.807) is 0 Å². The lowest BCUT2D eigenvalue weighted by Crippen LogP contribution is -1.97. The summed E-state index contributed by atoms with van der Waals surface area (Å²) in [5.41, 5.74) is 9.23. The van der Waals surface area contributed by atoms with Gasteiger partial charge in [0.05, 0.1) is 0 Å². The minimum absolute atomic E-state index is 0.671. The molecule has 28 heavy (non-hydrogen) atoms. The minimum Gasteiger partial charge on any atom is -0.233 e. The molecule has 1 heterocycles. The third kappa shape index (κ3) is 4.61. The lowest BCUT2D eigenvalue weighted by molar-refractivity contribution is 1.23. The average molecular weight is 370 g/mol. The van der Waals surface area contributed by atoms with Crippen LogP contribution < -0.4 is 0 Å². The van der Waals surface area contributed by atoms with Gasteiger partial charge in [-0.2, -0.15) is 0 Å². The van der Waals surface area contributed by atoms with Gasteiger partial charge in [0.1, 0.15) is 0 Å². The van der Waals surface area contributed by atoms with Crippen molar-refractivity contribution < 1.29 is 0 Å². The lowest BCUT2D eigenvalue weighted by atomic mass is 10.0. The van der Waals surface area contributed by atoms with E-state index < -0.39 is 0 Å². The molecule has 0 N–H and O–H groups in total. The summed E-state index contributed by atoms with van der Waals surface area (Å²) < 4.78 is 0. The van der Waals surface area contributed by atoms with Crippen LogP contribution in [0.3, 0.4) is 0 Å². The number of pyridine rings is 1. The Labute approximate surface area is 167 Å². The molecule has 142 valence electrons. The first kappa shape index (κ1) is 19.7. The van der Waals surface area contributed by atoms with Crippen molar-refractivity contribution in [3.63, 3.8) is 0 Å². The number of aromatic nitrogens is 1. The molecule has 2 aromatic carbocycles. The maximum Gasteiger partial charge on any atom is 0.154 e. The van der Waals surface area contributed by atoms with Gasteiger partial charge >= 0.3 is 0 Å². The van der Waals surface area contributed by atoms with Gasteiger partial charge in [-0.25, -0.2) is 15.0 Å². The van der Waals surface area contributed by atoms with Crippen LogP contribution in [0.4, 0.5) is 11.6 Å². The van der Waals surface area contributed by atoms with Crippen LogP contribution in [0.5, 0.6) is 0 Å². The SMILES string of the molecule is CC(=Nc1cccc(/N=C(/C)c2ccc(C)c(C)c2)n1)c1ccc(C)c(C)c1. The molecule has 3 aromatic rings. The molecule has 0 radical (unpaired) electrons. The Morgan fingerprint density at radius 3 is 1.43 bits per heavy atom. The zero-order chi connectivity index (χ0) is 20.3. The number of aryl methyl sites for hydroxylation is 4. The Kier molecular flexibility index (Phi) is 5.84. The van der Waals surface area contributed by atoms with Gasteiger partial charge in [0.25, 0.3) is 0 Å². The maximum atomic E-state index is 4.70. The molecule has 0 aliphatic carbocycles. The molecule has 0 saturated heterocycles. The largest absolute Gasteiger partial charge is 0.233 e. The van der Waals surface area contributed by atoms with Crippen molar-refractivity contribution in [3.8, 4) is 0 Å². The second-order valence-corrected chi connectivity index (χ2v) is 7.35. The fourth-order valence-corrected chi connectivity index (χ4v) is 2.94. The van der Waals surface area contributed by atoms with Crippen LogP contribution in [-0.2, 0) is 0 Å². The number of hydrogen-bond acceptors (Lipinski definition) is 3. The Balaban J connectivity index is 1.89. The maximum absolute atomic E-state index is 4.70. The number of benzene rings is 2. The molecule has 0 aliphatic heterocycles. The summed E-state index contributed by atoms with van der Waals surface area (Å²) in [5.74, 6) is 1.34. The number of aliphatic imine (C=N–C) groups is 2. The van der Waals surface area contributed by atoms with E-state index in [0.717, 1.165) is 22.6 Å². The van der Waals surface area contributed by atoms with Gasteiger partial charge < -0.3 is 0 Å². The highest BCUT2D eigenvalue weighted by molar-refractivity contribution is 6.01. The summed E-state index contributed by atoms with van der Waals surface area (Å²) in [7, 11) is 0. The molecule has 3 heteroatoms. The van der Waals surface area contributed by atoms with Crippen LogP contribution in [0.15, 0.2) is 64.6 Å². The first-order valence-corrected chi connectivity index (χ1v) is 9.56. The van der Waals surface area contributed by atoms with Gasteiger partial charge in [0.2, 0.25) is 0 Å². The van der Waals surface area contributed by atoms with E-state index in [1.807, 2.05) is 32.0 Å². The number of nitrogens with zero attached hydrogens (tertiary/aromatic N) is 3. The predicted octanol–water partition coefficient (Wildman–Crippen LogP) is 6.60. The first-order valence-electron chi connectivity index (χ1n) is 9.56. The molecule has 0 aliphatic rings. The quantitative estimate of drug-likeness (QED) is 0.478. The first-order chi connectivity index (χ1) is 13.3. The molecular weight excluding hydrogens is 342 g/mol. The molecule has 0 fully saturated rings. The highest BCUT2D eigenvalue weighted by Crippen LogP contribution is 2.19. The zero-order valence-corrected chi connectivity index (χ0v) is 17.5. The lowest BCUT2D eigenvalue weighted by Gasteiger charge is -2.06. The second kappa shape index (κ2) is 8.30. The molecular formula is C25H27N3. The number of hydrogen-bond donors (Lipinski definition) is 0. The van der Waals surface area contributed by atoms with Crippen molar-refractivity contribution in [3.05, 3.63) is 88.0 Å². The van der Waals surface area contributed by atoms with Crippen LogP contribution in [0.25, 0.3) is 0 Å². The molecule has 0 spiro atoms.